The van der Waals surface area contributed by atoms with E-state index in [1.54, 1.807) is 42.9 Å². The number of nitrogens with zero attached hydrogens (tertiary/aromatic N) is 3. The van der Waals surface area contributed by atoms with E-state index in [0.717, 1.165) is 0 Å². The first-order chi connectivity index (χ1) is 7.00. The van der Waals surface area contributed by atoms with E-state index in [0.29, 0.717) is 18.7 Å². The van der Waals surface area contributed by atoms with Crippen LogP contribution in [0, 0.1) is 0 Å². The highest BCUT2D eigenvalue weighted by molar-refractivity contribution is 5.91. The van der Waals surface area contributed by atoms with Crippen molar-refractivity contribution in [1.82, 2.24) is 14.7 Å². The molecule has 0 saturated heterocycles. The molecule has 0 saturated carbocycles. The molecule has 1 aromatic heterocycles. The number of aromatic nitrogens is 2. The van der Waals surface area contributed by atoms with Gasteiger partial charge in [-0.25, -0.2) is 0 Å². The van der Waals surface area contributed by atoms with E-state index < -0.39 is 0 Å². The summed E-state index contributed by atoms with van der Waals surface area (Å²) in [4.78, 5) is 13.3. The summed E-state index contributed by atoms with van der Waals surface area (Å²) in [6.45, 7) is 2.24. The van der Waals surface area contributed by atoms with Gasteiger partial charge in [0.05, 0.1) is 6.10 Å². The van der Waals surface area contributed by atoms with Crippen LogP contribution in [0.4, 0.5) is 0 Å². The van der Waals surface area contributed by atoms with Gasteiger partial charge in [0.1, 0.15) is 5.69 Å². The molecule has 1 rings (SSSR count). The Bertz CT molecular complexity index is 333. The Hall–Kier alpha value is -1.36. The molecule has 5 nitrogen and oxygen atoms in total. The van der Waals surface area contributed by atoms with Crippen LogP contribution in [0.15, 0.2) is 12.3 Å². The average Bonchev–Trinajstić information content (AvgIpc) is 2.60. The van der Waals surface area contributed by atoms with Crippen molar-refractivity contribution in [2.24, 2.45) is 7.05 Å². The first-order valence-corrected chi connectivity index (χ1v) is 4.94. The smallest absolute Gasteiger partial charge is 0.274 e. The molecule has 0 spiro atoms. The molecule has 0 aromatic carbocycles. The fourth-order valence-electron chi connectivity index (χ4n) is 1.21. The van der Waals surface area contributed by atoms with E-state index in [1.807, 2.05) is 0 Å². The molecule has 1 atom stereocenters. The van der Waals surface area contributed by atoms with E-state index in [2.05, 4.69) is 5.10 Å². The zero-order valence-electron chi connectivity index (χ0n) is 9.34. The predicted octanol–water partition coefficient (Wildman–Crippen LogP) is 0.263. The van der Waals surface area contributed by atoms with Gasteiger partial charge in [0, 0.05) is 26.8 Å². The third-order valence-corrected chi connectivity index (χ3v) is 2.16. The first kappa shape index (κ1) is 11.7. The Kier molecular flexibility index (Phi) is 3.85. The maximum absolute atomic E-state index is 11.7. The van der Waals surface area contributed by atoms with Gasteiger partial charge >= 0.3 is 0 Å². The lowest BCUT2D eigenvalue weighted by Crippen LogP contribution is -2.29. The summed E-state index contributed by atoms with van der Waals surface area (Å²) in [5, 5.41) is 13.1. The maximum Gasteiger partial charge on any atom is 0.274 e. The minimum Gasteiger partial charge on any atom is -0.393 e. The standard InChI is InChI=1S/C10H17N3O2/c1-8(14)4-6-12(2)10(15)9-5-7-13(3)11-9/h5,7-8,14H,4,6H2,1-3H3. The highest BCUT2D eigenvalue weighted by Gasteiger charge is 2.14. The molecule has 1 unspecified atom stereocenters. The Labute approximate surface area is 89.3 Å². The highest BCUT2D eigenvalue weighted by atomic mass is 16.3. The molecule has 1 amide bonds. The summed E-state index contributed by atoms with van der Waals surface area (Å²) in [6.07, 6.45) is 1.93. The fourth-order valence-corrected chi connectivity index (χ4v) is 1.21. The molecule has 0 bridgehead atoms. The Morgan fingerprint density at radius 2 is 2.40 bits per heavy atom. The van der Waals surface area contributed by atoms with E-state index in [9.17, 15) is 4.79 Å². The summed E-state index contributed by atoms with van der Waals surface area (Å²) >= 11 is 0. The molecule has 84 valence electrons. The molecule has 1 heterocycles. The van der Waals surface area contributed by atoms with Crippen molar-refractivity contribution < 1.29 is 9.90 Å². The Morgan fingerprint density at radius 3 is 2.87 bits per heavy atom. The van der Waals surface area contributed by atoms with Crippen LogP contribution in [0.25, 0.3) is 0 Å². The Balaban J connectivity index is 2.53. The van der Waals surface area contributed by atoms with E-state index in [-0.39, 0.29) is 12.0 Å². The van der Waals surface area contributed by atoms with Crippen LogP contribution >= 0.6 is 0 Å². The normalized spacial score (nSPS) is 12.5. The third-order valence-electron chi connectivity index (χ3n) is 2.16. The molecule has 0 aliphatic carbocycles. The molecule has 0 aliphatic heterocycles. The van der Waals surface area contributed by atoms with Gasteiger partial charge in [0.25, 0.3) is 5.91 Å². The SMILES string of the molecule is CC(O)CCN(C)C(=O)c1ccn(C)n1. The lowest BCUT2D eigenvalue weighted by molar-refractivity contribution is 0.0762. The lowest BCUT2D eigenvalue weighted by atomic mass is 10.2. The number of aliphatic hydroxyl groups is 1. The van der Waals surface area contributed by atoms with Gasteiger partial charge in [-0.2, -0.15) is 5.10 Å². The van der Waals surface area contributed by atoms with Crippen molar-refractivity contribution in [1.29, 1.82) is 0 Å². The number of rotatable bonds is 4. The van der Waals surface area contributed by atoms with E-state index >= 15 is 0 Å². The summed E-state index contributed by atoms with van der Waals surface area (Å²) < 4.78 is 1.59. The van der Waals surface area contributed by atoms with Crippen LogP contribution in [0.2, 0.25) is 0 Å². The second kappa shape index (κ2) is 4.93. The zero-order valence-corrected chi connectivity index (χ0v) is 9.34. The molecular weight excluding hydrogens is 194 g/mol. The highest BCUT2D eigenvalue weighted by Crippen LogP contribution is 2.01. The molecule has 15 heavy (non-hydrogen) atoms. The minimum atomic E-state index is -0.385. The average molecular weight is 211 g/mol. The van der Waals surface area contributed by atoms with Crippen LogP contribution in [-0.2, 0) is 7.05 Å². The van der Waals surface area contributed by atoms with Gasteiger partial charge in [0.15, 0.2) is 0 Å². The number of hydrogen-bond donors (Lipinski definition) is 1. The van der Waals surface area contributed by atoms with Gasteiger partial charge in [-0.05, 0) is 19.4 Å². The van der Waals surface area contributed by atoms with Gasteiger partial charge in [-0.1, -0.05) is 0 Å². The van der Waals surface area contributed by atoms with E-state index in [4.69, 9.17) is 5.11 Å². The maximum atomic E-state index is 11.7. The minimum absolute atomic E-state index is 0.115. The Morgan fingerprint density at radius 1 is 1.73 bits per heavy atom. The van der Waals surface area contributed by atoms with Crippen molar-refractivity contribution in [3.8, 4) is 0 Å². The number of aryl methyl sites for hydroxylation is 1. The van der Waals surface area contributed by atoms with Crippen molar-refractivity contribution in [2.45, 2.75) is 19.4 Å². The lowest BCUT2D eigenvalue weighted by Gasteiger charge is -2.16. The summed E-state index contributed by atoms with van der Waals surface area (Å²) in [7, 11) is 3.48. The quantitative estimate of drug-likeness (QED) is 0.777. The van der Waals surface area contributed by atoms with Crippen molar-refractivity contribution in [2.75, 3.05) is 13.6 Å². The zero-order chi connectivity index (χ0) is 11.4. The molecule has 0 radical (unpaired) electrons. The van der Waals surface area contributed by atoms with Crippen LogP contribution in [-0.4, -0.2) is 45.4 Å². The topological polar surface area (TPSA) is 58.4 Å². The molecule has 1 aromatic rings. The van der Waals surface area contributed by atoms with Crippen LogP contribution in [0.5, 0.6) is 0 Å². The number of amides is 1. The van der Waals surface area contributed by atoms with Crippen LogP contribution in [0.1, 0.15) is 23.8 Å². The van der Waals surface area contributed by atoms with Gasteiger partial charge in [0.2, 0.25) is 0 Å². The molecular formula is C10H17N3O2. The fraction of sp³-hybridized carbons (Fsp3) is 0.600. The summed E-state index contributed by atoms with van der Waals surface area (Å²) in [5.74, 6) is -0.115. The largest absolute Gasteiger partial charge is 0.393 e. The molecule has 1 N–H and O–H groups in total. The second-order valence-corrected chi connectivity index (χ2v) is 3.74. The number of aliphatic hydroxyl groups excluding tert-OH is 1. The van der Waals surface area contributed by atoms with Crippen molar-refractivity contribution in [3.05, 3.63) is 18.0 Å². The molecule has 0 fully saturated rings. The summed E-state index contributed by atoms with van der Waals surface area (Å²) in [5.41, 5.74) is 0.436. The number of hydrogen-bond acceptors (Lipinski definition) is 3. The second-order valence-electron chi connectivity index (χ2n) is 3.74. The van der Waals surface area contributed by atoms with Crippen LogP contribution in [0.3, 0.4) is 0 Å². The number of carbonyl (C=O) groups excluding carboxylic acids is 1. The van der Waals surface area contributed by atoms with Crippen LogP contribution < -0.4 is 0 Å². The molecule has 5 heteroatoms. The van der Waals surface area contributed by atoms with Gasteiger partial charge in [-0.15, -0.1) is 0 Å². The third kappa shape index (κ3) is 3.36. The first-order valence-electron chi connectivity index (χ1n) is 4.94. The predicted molar refractivity (Wildman–Crippen MR) is 56.5 cm³/mol. The summed E-state index contributed by atoms with van der Waals surface area (Å²) in [6, 6.07) is 1.68. The number of carbonyl (C=O) groups is 1. The van der Waals surface area contributed by atoms with Crippen molar-refractivity contribution in [3.63, 3.8) is 0 Å². The van der Waals surface area contributed by atoms with Gasteiger partial charge < -0.3 is 10.0 Å². The molecule has 0 aliphatic rings. The van der Waals surface area contributed by atoms with Gasteiger partial charge in [-0.3, -0.25) is 9.48 Å². The van der Waals surface area contributed by atoms with Crippen molar-refractivity contribution >= 4 is 5.91 Å². The monoisotopic (exact) mass is 211 g/mol. The van der Waals surface area contributed by atoms with E-state index in [1.165, 1.54) is 0 Å².